The molecule has 2 nitrogen and oxygen atoms in total. The highest BCUT2D eigenvalue weighted by Gasteiger charge is 2.39. The Balaban J connectivity index is 2.97. The predicted octanol–water partition coefficient (Wildman–Crippen LogP) is 1.64. The van der Waals surface area contributed by atoms with Crippen LogP contribution in [0.25, 0.3) is 0 Å². The summed E-state index contributed by atoms with van der Waals surface area (Å²) in [6, 6.07) is 0. The van der Waals surface area contributed by atoms with Crippen molar-refractivity contribution in [2.45, 2.75) is 20.3 Å². The molecule has 66 valence electrons. The van der Waals surface area contributed by atoms with Crippen LogP contribution < -0.4 is 5.32 Å². The molecule has 0 aromatic heterocycles. The lowest BCUT2D eigenvalue weighted by Gasteiger charge is -2.21. The van der Waals surface area contributed by atoms with E-state index in [9.17, 15) is 4.79 Å². The van der Waals surface area contributed by atoms with E-state index in [4.69, 9.17) is 0 Å². The lowest BCUT2D eigenvalue weighted by atomic mass is 9.80. The molecule has 0 spiro atoms. The molecule has 1 saturated heterocycles. The normalized spacial score (nSPS) is 30.2. The van der Waals surface area contributed by atoms with Crippen LogP contribution in [0.2, 0.25) is 0 Å². The minimum Gasteiger partial charge on any atom is -0.355 e. The van der Waals surface area contributed by atoms with Crippen molar-refractivity contribution in [3.63, 3.8) is 0 Å². The van der Waals surface area contributed by atoms with E-state index >= 15 is 0 Å². The molecule has 1 heterocycles. The van der Waals surface area contributed by atoms with Crippen LogP contribution in [0.1, 0.15) is 20.3 Å². The molecule has 1 aliphatic heterocycles. The van der Waals surface area contributed by atoms with Crippen LogP contribution >= 0.6 is 0 Å². The first-order valence-electron chi connectivity index (χ1n) is 4.22. The largest absolute Gasteiger partial charge is 0.355 e. The maximum absolute atomic E-state index is 11.5. The number of nitrogens with one attached hydrogen (secondary N) is 1. The average molecular weight is 165 g/mol. The Kier molecular flexibility index (Phi) is 2.36. The first kappa shape index (κ1) is 9.04. The molecule has 2 heteroatoms. The Bertz CT molecular complexity index is 242. The molecule has 1 atom stereocenters. The second-order valence-corrected chi connectivity index (χ2v) is 3.29. The number of hydrogen-bond donors (Lipinski definition) is 1. The van der Waals surface area contributed by atoms with E-state index in [1.807, 2.05) is 19.9 Å². The Morgan fingerprint density at radius 3 is 2.75 bits per heavy atom. The number of carbonyl (C=O) groups is 1. The van der Waals surface area contributed by atoms with E-state index < -0.39 is 0 Å². The zero-order valence-electron chi connectivity index (χ0n) is 7.68. The summed E-state index contributed by atoms with van der Waals surface area (Å²) in [5.41, 5.74) is 0.689. The number of rotatable bonds is 2. The van der Waals surface area contributed by atoms with Crippen molar-refractivity contribution in [2.75, 3.05) is 6.54 Å². The highest BCUT2D eigenvalue weighted by Crippen LogP contribution is 2.34. The number of amides is 1. The van der Waals surface area contributed by atoms with Gasteiger partial charge in [0.05, 0.1) is 5.41 Å². The summed E-state index contributed by atoms with van der Waals surface area (Å²) in [7, 11) is 0. The molecule has 1 N–H and O–H groups in total. The van der Waals surface area contributed by atoms with Gasteiger partial charge in [-0.25, -0.2) is 0 Å². The molecule has 12 heavy (non-hydrogen) atoms. The van der Waals surface area contributed by atoms with Crippen LogP contribution in [0.4, 0.5) is 0 Å². The quantitative estimate of drug-likeness (QED) is 0.619. The Morgan fingerprint density at radius 1 is 1.75 bits per heavy atom. The summed E-state index contributed by atoms with van der Waals surface area (Å²) in [5.74, 6) is 0.121. The van der Waals surface area contributed by atoms with Gasteiger partial charge in [0.25, 0.3) is 0 Å². The Labute approximate surface area is 73.4 Å². The third-order valence-corrected chi connectivity index (χ3v) is 2.58. The zero-order chi connectivity index (χ0) is 9.19. The molecule has 0 aliphatic carbocycles. The van der Waals surface area contributed by atoms with Gasteiger partial charge in [-0.3, -0.25) is 4.79 Å². The van der Waals surface area contributed by atoms with Gasteiger partial charge in [-0.2, -0.15) is 0 Å². The SMILES string of the molecule is C=C/C(=C\C)C1(C)CCNC1=O. The monoisotopic (exact) mass is 165 g/mol. The Hall–Kier alpha value is -1.05. The fraction of sp³-hybridized carbons (Fsp3) is 0.500. The molecule has 1 rings (SSSR count). The van der Waals surface area contributed by atoms with Gasteiger partial charge in [0, 0.05) is 6.54 Å². The van der Waals surface area contributed by atoms with E-state index in [0.717, 1.165) is 18.5 Å². The topological polar surface area (TPSA) is 29.1 Å². The molecule has 0 saturated carbocycles. The third kappa shape index (κ3) is 1.17. The maximum atomic E-state index is 11.5. The lowest BCUT2D eigenvalue weighted by molar-refractivity contribution is -0.125. The molecule has 0 radical (unpaired) electrons. The molecule has 1 fully saturated rings. The molecular formula is C10H15NO. The summed E-state index contributed by atoms with van der Waals surface area (Å²) in [4.78, 5) is 11.5. The molecule has 0 bridgehead atoms. The fourth-order valence-corrected chi connectivity index (χ4v) is 1.67. The van der Waals surface area contributed by atoms with Crippen molar-refractivity contribution in [2.24, 2.45) is 5.41 Å². The van der Waals surface area contributed by atoms with Gasteiger partial charge >= 0.3 is 0 Å². The Morgan fingerprint density at radius 2 is 2.42 bits per heavy atom. The van der Waals surface area contributed by atoms with Crippen LogP contribution in [-0.2, 0) is 4.79 Å². The zero-order valence-corrected chi connectivity index (χ0v) is 7.68. The van der Waals surface area contributed by atoms with Crippen LogP contribution in [0.15, 0.2) is 24.3 Å². The van der Waals surface area contributed by atoms with Crippen molar-refractivity contribution >= 4 is 5.91 Å². The van der Waals surface area contributed by atoms with Crippen molar-refractivity contribution in [3.8, 4) is 0 Å². The summed E-state index contributed by atoms with van der Waals surface area (Å²) < 4.78 is 0. The van der Waals surface area contributed by atoms with Crippen LogP contribution in [0.3, 0.4) is 0 Å². The van der Waals surface area contributed by atoms with Crippen LogP contribution in [0.5, 0.6) is 0 Å². The first-order chi connectivity index (χ1) is 5.65. The van der Waals surface area contributed by atoms with Crippen molar-refractivity contribution in [1.29, 1.82) is 0 Å². The minimum atomic E-state index is -0.337. The summed E-state index contributed by atoms with van der Waals surface area (Å²) in [6.45, 7) is 8.39. The standard InChI is InChI=1S/C10H15NO/c1-4-8(5-2)10(3)6-7-11-9(10)12/h4-5H,1,6-7H2,2-3H3,(H,11,12)/b8-5+. The molecule has 1 unspecified atom stereocenters. The fourth-order valence-electron chi connectivity index (χ4n) is 1.67. The van der Waals surface area contributed by atoms with Gasteiger partial charge in [-0.1, -0.05) is 18.7 Å². The lowest BCUT2D eigenvalue weighted by Crippen LogP contribution is -2.29. The van der Waals surface area contributed by atoms with Gasteiger partial charge < -0.3 is 5.32 Å². The predicted molar refractivity (Wildman–Crippen MR) is 49.7 cm³/mol. The van der Waals surface area contributed by atoms with Gasteiger partial charge in [-0.05, 0) is 25.8 Å². The summed E-state index contributed by atoms with van der Waals surface area (Å²) >= 11 is 0. The van der Waals surface area contributed by atoms with E-state index in [2.05, 4.69) is 11.9 Å². The molecule has 1 aliphatic rings. The highest BCUT2D eigenvalue weighted by atomic mass is 16.2. The maximum Gasteiger partial charge on any atom is 0.230 e. The van der Waals surface area contributed by atoms with Crippen molar-refractivity contribution < 1.29 is 4.79 Å². The number of carbonyl (C=O) groups excluding carboxylic acids is 1. The van der Waals surface area contributed by atoms with E-state index in [1.54, 1.807) is 6.08 Å². The molecule has 1 amide bonds. The molecule has 0 aromatic rings. The van der Waals surface area contributed by atoms with Crippen LogP contribution in [-0.4, -0.2) is 12.5 Å². The second-order valence-electron chi connectivity index (χ2n) is 3.29. The van der Waals surface area contributed by atoms with Crippen molar-refractivity contribution in [3.05, 3.63) is 24.3 Å². The molecule has 0 aromatic carbocycles. The van der Waals surface area contributed by atoms with Crippen LogP contribution in [0, 0.1) is 5.41 Å². The smallest absolute Gasteiger partial charge is 0.230 e. The minimum absolute atomic E-state index is 0.121. The van der Waals surface area contributed by atoms with Gasteiger partial charge in [-0.15, -0.1) is 0 Å². The van der Waals surface area contributed by atoms with E-state index in [1.165, 1.54) is 0 Å². The van der Waals surface area contributed by atoms with E-state index in [-0.39, 0.29) is 11.3 Å². The van der Waals surface area contributed by atoms with Gasteiger partial charge in [0.2, 0.25) is 5.91 Å². The summed E-state index contributed by atoms with van der Waals surface area (Å²) in [5, 5.41) is 2.83. The van der Waals surface area contributed by atoms with Gasteiger partial charge in [0.1, 0.15) is 0 Å². The first-order valence-corrected chi connectivity index (χ1v) is 4.22. The number of hydrogen-bond acceptors (Lipinski definition) is 1. The average Bonchev–Trinajstić information content (AvgIpc) is 2.36. The summed E-state index contributed by atoms with van der Waals surface area (Å²) in [6.07, 6.45) is 4.60. The van der Waals surface area contributed by atoms with E-state index in [0.29, 0.717) is 0 Å². The number of allylic oxidation sites excluding steroid dienone is 2. The second kappa shape index (κ2) is 3.13. The molecular weight excluding hydrogens is 150 g/mol. The third-order valence-electron chi connectivity index (χ3n) is 2.58. The van der Waals surface area contributed by atoms with Gasteiger partial charge in [0.15, 0.2) is 0 Å². The highest BCUT2D eigenvalue weighted by molar-refractivity contribution is 5.88. The van der Waals surface area contributed by atoms with Crippen molar-refractivity contribution in [1.82, 2.24) is 5.32 Å².